The van der Waals surface area contributed by atoms with Gasteiger partial charge in [0.2, 0.25) is 0 Å². The molecule has 1 aliphatic rings. The third kappa shape index (κ3) is 4.91. The molecule has 1 unspecified atom stereocenters. The van der Waals surface area contributed by atoms with Crippen molar-refractivity contribution < 1.29 is 13.2 Å². The summed E-state index contributed by atoms with van der Waals surface area (Å²) in [6.07, 6.45) is -1.96. The Morgan fingerprint density at radius 2 is 1.97 bits per heavy atom. The number of para-hydroxylation sites is 1. The number of fused-ring (bicyclic) bond motifs is 1. The maximum atomic E-state index is 13.1. The van der Waals surface area contributed by atoms with Crippen LogP contribution in [-0.2, 0) is 6.18 Å². The highest BCUT2D eigenvalue weighted by Crippen LogP contribution is 2.34. The number of allylic oxidation sites excluding steroid dienone is 1. The molecule has 0 fully saturated rings. The fourth-order valence-electron chi connectivity index (χ4n) is 3.05. The van der Waals surface area contributed by atoms with Gasteiger partial charge < -0.3 is 16.0 Å². The molecule has 7 heteroatoms. The number of hydrogen-bond acceptors (Lipinski definition) is 4. The molecule has 0 amide bonds. The number of aliphatic imine (C=N–C) groups is 1. The molecule has 1 heterocycles. The van der Waals surface area contributed by atoms with Gasteiger partial charge in [-0.05, 0) is 48.2 Å². The van der Waals surface area contributed by atoms with Crippen molar-refractivity contribution in [2.45, 2.75) is 32.6 Å². The lowest BCUT2D eigenvalue weighted by Gasteiger charge is -2.27. The monoisotopic (exact) mass is 402 g/mol. The first kappa shape index (κ1) is 20.8. The minimum atomic E-state index is -4.40. The summed E-state index contributed by atoms with van der Waals surface area (Å²) in [4.78, 5) is 4.68. The van der Waals surface area contributed by atoms with Crippen LogP contribution in [0.2, 0.25) is 0 Å². The number of hydrogen-bond donors (Lipinski definition) is 3. The van der Waals surface area contributed by atoms with Crippen LogP contribution >= 0.6 is 0 Å². The number of benzene rings is 2. The number of rotatable bonds is 5. The molecule has 3 N–H and O–H groups in total. The summed E-state index contributed by atoms with van der Waals surface area (Å²) < 4.78 is 39.4. The third-order valence-corrected chi connectivity index (χ3v) is 4.88. The van der Waals surface area contributed by atoms with Crippen LogP contribution in [0.4, 0.5) is 18.9 Å². The van der Waals surface area contributed by atoms with Crippen LogP contribution in [-0.4, -0.2) is 12.9 Å². The Hall–Kier alpha value is -2.96. The largest absolute Gasteiger partial charge is 0.416 e. The van der Waals surface area contributed by atoms with Gasteiger partial charge >= 0.3 is 6.18 Å². The summed E-state index contributed by atoms with van der Waals surface area (Å²) in [6, 6.07) is 12.9. The molecule has 0 saturated heterocycles. The average molecular weight is 402 g/mol. The normalized spacial score (nSPS) is 17.7. The SMILES string of the molecule is CC[C@H](C)/C=C(\NC)NC1=NC(c2cccc(C(F)(F)F)c2)Nc2ccccc21. The molecule has 154 valence electrons. The Labute approximate surface area is 168 Å². The zero-order valence-electron chi connectivity index (χ0n) is 16.6. The van der Waals surface area contributed by atoms with Crippen LogP contribution in [0.5, 0.6) is 0 Å². The summed E-state index contributed by atoms with van der Waals surface area (Å²) in [5.74, 6) is 1.77. The van der Waals surface area contributed by atoms with Crippen LogP contribution in [0, 0.1) is 5.92 Å². The van der Waals surface area contributed by atoms with Crippen LogP contribution in [0.3, 0.4) is 0 Å². The molecule has 29 heavy (non-hydrogen) atoms. The molecular formula is C22H25F3N4. The molecule has 0 aliphatic carbocycles. The fourth-order valence-corrected chi connectivity index (χ4v) is 3.05. The van der Waals surface area contributed by atoms with Crippen molar-refractivity contribution in [1.29, 1.82) is 0 Å². The van der Waals surface area contributed by atoms with Gasteiger partial charge in [0.25, 0.3) is 0 Å². The maximum absolute atomic E-state index is 13.1. The molecule has 0 bridgehead atoms. The molecule has 2 aromatic carbocycles. The average Bonchev–Trinajstić information content (AvgIpc) is 2.72. The van der Waals surface area contributed by atoms with Gasteiger partial charge in [0.15, 0.2) is 0 Å². The zero-order chi connectivity index (χ0) is 21.0. The summed E-state index contributed by atoms with van der Waals surface area (Å²) in [5.41, 5.74) is 1.44. The Morgan fingerprint density at radius 1 is 1.21 bits per heavy atom. The minimum absolute atomic E-state index is 0.363. The number of nitrogens with one attached hydrogen (secondary N) is 3. The fraction of sp³-hybridized carbons (Fsp3) is 0.318. The lowest BCUT2D eigenvalue weighted by atomic mass is 10.0. The predicted octanol–water partition coefficient (Wildman–Crippen LogP) is 5.27. The first-order chi connectivity index (χ1) is 13.8. The predicted molar refractivity (Wildman–Crippen MR) is 111 cm³/mol. The second-order valence-electron chi connectivity index (χ2n) is 7.03. The van der Waals surface area contributed by atoms with Gasteiger partial charge in [0, 0.05) is 18.3 Å². The van der Waals surface area contributed by atoms with E-state index in [0.29, 0.717) is 17.3 Å². The van der Waals surface area contributed by atoms with E-state index in [-0.39, 0.29) is 0 Å². The number of amidine groups is 1. The van der Waals surface area contributed by atoms with Crippen molar-refractivity contribution in [1.82, 2.24) is 10.6 Å². The van der Waals surface area contributed by atoms with Gasteiger partial charge in [-0.1, -0.05) is 38.1 Å². The summed E-state index contributed by atoms with van der Waals surface area (Å²) in [6.45, 7) is 4.22. The molecule has 0 saturated carbocycles. The standard InChI is InChI=1S/C22H25F3N4/c1-4-14(2)12-19(26-3)28-21-17-10-5-6-11-18(17)27-20(29-21)15-8-7-9-16(13-15)22(23,24)25/h5-14,20,26-27H,4H2,1-3H3,(H,28,29)/b19-12+/t14-,20?/m0/s1. The highest BCUT2D eigenvalue weighted by atomic mass is 19.4. The van der Waals surface area contributed by atoms with Crippen LogP contribution in [0.25, 0.3) is 0 Å². The van der Waals surface area contributed by atoms with E-state index in [1.165, 1.54) is 6.07 Å². The van der Waals surface area contributed by atoms with Gasteiger partial charge in [-0.15, -0.1) is 0 Å². The number of alkyl halides is 3. The van der Waals surface area contributed by atoms with E-state index in [9.17, 15) is 13.2 Å². The second-order valence-corrected chi connectivity index (χ2v) is 7.03. The molecule has 3 rings (SSSR count). The van der Waals surface area contributed by atoms with Crippen LogP contribution < -0.4 is 16.0 Å². The summed E-state index contributed by atoms with van der Waals surface area (Å²) in [7, 11) is 1.82. The molecule has 1 aliphatic heterocycles. The quantitative estimate of drug-likeness (QED) is 0.638. The van der Waals surface area contributed by atoms with Crippen molar-refractivity contribution in [3.63, 3.8) is 0 Å². The third-order valence-electron chi connectivity index (χ3n) is 4.88. The Bertz CT molecular complexity index is 918. The lowest BCUT2D eigenvalue weighted by molar-refractivity contribution is -0.137. The van der Waals surface area contributed by atoms with Crippen molar-refractivity contribution in [2.24, 2.45) is 10.9 Å². The molecule has 4 nitrogen and oxygen atoms in total. The lowest BCUT2D eigenvalue weighted by Crippen LogP contribution is -2.34. The van der Waals surface area contributed by atoms with E-state index < -0.39 is 17.9 Å². The van der Waals surface area contributed by atoms with Gasteiger partial charge in [0.1, 0.15) is 17.8 Å². The summed E-state index contributed by atoms with van der Waals surface area (Å²) in [5, 5.41) is 9.67. The van der Waals surface area contributed by atoms with E-state index in [2.05, 4.69) is 40.9 Å². The molecule has 2 aromatic rings. The Balaban J connectivity index is 1.99. The van der Waals surface area contributed by atoms with Gasteiger partial charge in [-0.3, -0.25) is 0 Å². The van der Waals surface area contributed by atoms with Crippen molar-refractivity contribution >= 4 is 11.5 Å². The van der Waals surface area contributed by atoms with Crippen molar-refractivity contribution in [3.05, 3.63) is 77.1 Å². The first-order valence-corrected chi connectivity index (χ1v) is 9.59. The summed E-state index contributed by atoms with van der Waals surface area (Å²) >= 11 is 0. The molecule has 0 radical (unpaired) electrons. The molecule has 2 atom stereocenters. The number of anilines is 1. The topological polar surface area (TPSA) is 48.5 Å². The first-order valence-electron chi connectivity index (χ1n) is 9.59. The number of nitrogens with zero attached hydrogens (tertiary/aromatic N) is 1. The van der Waals surface area contributed by atoms with Gasteiger partial charge in [-0.25, -0.2) is 4.99 Å². The maximum Gasteiger partial charge on any atom is 0.416 e. The smallest absolute Gasteiger partial charge is 0.375 e. The Kier molecular flexibility index (Phi) is 6.15. The van der Waals surface area contributed by atoms with E-state index in [4.69, 9.17) is 0 Å². The van der Waals surface area contributed by atoms with Crippen molar-refractivity contribution in [3.8, 4) is 0 Å². The van der Waals surface area contributed by atoms with E-state index in [1.54, 1.807) is 6.07 Å². The minimum Gasteiger partial charge on any atom is -0.375 e. The van der Waals surface area contributed by atoms with Crippen molar-refractivity contribution in [2.75, 3.05) is 12.4 Å². The second kappa shape index (κ2) is 8.59. The van der Waals surface area contributed by atoms with Crippen LogP contribution in [0.15, 0.2) is 65.4 Å². The highest BCUT2D eigenvalue weighted by Gasteiger charge is 2.31. The zero-order valence-corrected chi connectivity index (χ0v) is 16.6. The molecule has 0 spiro atoms. The van der Waals surface area contributed by atoms with E-state index >= 15 is 0 Å². The highest BCUT2D eigenvalue weighted by molar-refractivity contribution is 6.05. The number of halogens is 3. The van der Waals surface area contributed by atoms with E-state index in [1.807, 2.05) is 31.3 Å². The van der Waals surface area contributed by atoms with Gasteiger partial charge in [0.05, 0.1) is 5.56 Å². The molecule has 0 aromatic heterocycles. The Morgan fingerprint density at radius 3 is 2.66 bits per heavy atom. The van der Waals surface area contributed by atoms with E-state index in [0.717, 1.165) is 35.6 Å². The van der Waals surface area contributed by atoms with Crippen LogP contribution in [0.1, 0.15) is 43.1 Å². The van der Waals surface area contributed by atoms with Gasteiger partial charge in [-0.2, -0.15) is 13.2 Å². The molecular weight excluding hydrogens is 377 g/mol.